The Labute approximate surface area is 115 Å². The molecule has 0 amide bonds. The predicted octanol–water partition coefficient (Wildman–Crippen LogP) is 1.70. The second-order valence-corrected chi connectivity index (χ2v) is 4.10. The number of ether oxygens (including phenoxy) is 3. The molecule has 1 aliphatic heterocycles. The lowest BCUT2D eigenvalue weighted by molar-refractivity contribution is 0.0590. The number of carbonyl (C=O) groups excluding carboxylic acids is 1. The number of hydrogen-bond donors (Lipinski definition) is 0. The van der Waals surface area contributed by atoms with Crippen LogP contribution in [0.15, 0.2) is 30.7 Å². The monoisotopic (exact) mass is 272 g/mol. The minimum absolute atomic E-state index is 0.342. The molecule has 0 spiro atoms. The maximum absolute atomic E-state index is 11.7. The number of nitrogens with zero attached hydrogens (tertiary/aromatic N) is 2. The standard InChI is InChI=1S/C14H12N2O4/c1-18-14(17)10-3-2-9(11-8-15-4-5-16-11)12-13(10)20-7-6-19-12/h2-5,8H,6-7H2,1H3. The van der Waals surface area contributed by atoms with Gasteiger partial charge >= 0.3 is 5.97 Å². The van der Waals surface area contributed by atoms with Crippen molar-refractivity contribution in [3.63, 3.8) is 0 Å². The van der Waals surface area contributed by atoms with Crippen molar-refractivity contribution in [3.05, 3.63) is 36.3 Å². The molecule has 2 aromatic rings. The van der Waals surface area contributed by atoms with Crippen molar-refractivity contribution >= 4 is 5.97 Å². The Morgan fingerprint density at radius 2 is 2.00 bits per heavy atom. The van der Waals surface area contributed by atoms with E-state index in [9.17, 15) is 4.79 Å². The van der Waals surface area contributed by atoms with Gasteiger partial charge in [0, 0.05) is 18.0 Å². The first-order chi connectivity index (χ1) is 9.81. The predicted molar refractivity (Wildman–Crippen MR) is 69.8 cm³/mol. The zero-order valence-electron chi connectivity index (χ0n) is 10.8. The molecule has 1 aromatic carbocycles. The first kappa shape index (κ1) is 12.4. The average Bonchev–Trinajstić information content (AvgIpc) is 2.54. The van der Waals surface area contributed by atoms with Crippen LogP contribution in [0.25, 0.3) is 11.3 Å². The second kappa shape index (κ2) is 5.16. The van der Waals surface area contributed by atoms with Crippen LogP contribution in [-0.4, -0.2) is 36.3 Å². The summed E-state index contributed by atoms with van der Waals surface area (Å²) in [5.74, 6) is 0.434. The maximum atomic E-state index is 11.7. The summed E-state index contributed by atoms with van der Waals surface area (Å²) in [7, 11) is 1.33. The molecule has 3 rings (SSSR count). The first-order valence-corrected chi connectivity index (χ1v) is 6.08. The second-order valence-electron chi connectivity index (χ2n) is 4.10. The molecule has 0 radical (unpaired) electrons. The van der Waals surface area contributed by atoms with Gasteiger partial charge in [0.1, 0.15) is 18.8 Å². The van der Waals surface area contributed by atoms with Gasteiger partial charge in [0.15, 0.2) is 11.5 Å². The Kier molecular flexibility index (Phi) is 3.20. The zero-order valence-corrected chi connectivity index (χ0v) is 10.8. The number of aromatic nitrogens is 2. The van der Waals surface area contributed by atoms with Gasteiger partial charge in [-0.2, -0.15) is 0 Å². The molecule has 0 bridgehead atoms. The first-order valence-electron chi connectivity index (χ1n) is 6.08. The van der Waals surface area contributed by atoms with Crippen molar-refractivity contribution in [1.82, 2.24) is 9.97 Å². The molecule has 102 valence electrons. The van der Waals surface area contributed by atoms with Crippen LogP contribution in [0.1, 0.15) is 10.4 Å². The number of esters is 1. The molecule has 0 atom stereocenters. The molecule has 0 fully saturated rings. The van der Waals surface area contributed by atoms with E-state index in [2.05, 4.69) is 9.97 Å². The number of methoxy groups -OCH3 is 1. The van der Waals surface area contributed by atoms with E-state index in [-0.39, 0.29) is 0 Å². The van der Waals surface area contributed by atoms with Crippen LogP contribution in [-0.2, 0) is 4.74 Å². The molecule has 0 N–H and O–H groups in total. The summed E-state index contributed by atoms with van der Waals surface area (Å²) >= 11 is 0. The van der Waals surface area contributed by atoms with Crippen LogP contribution in [0, 0.1) is 0 Å². The quantitative estimate of drug-likeness (QED) is 0.775. The number of rotatable bonds is 2. The van der Waals surface area contributed by atoms with E-state index in [4.69, 9.17) is 14.2 Å². The van der Waals surface area contributed by atoms with Crippen LogP contribution < -0.4 is 9.47 Å². The third-order valence-electron chi connectivity index (χ3n) is 2.93. The van der Waals surface area contributed by atoms with E-state index in [0.29, 0.717) is 36.0 Å². The van der Waals surface area contributed by atoms with Gasteiger partial charge in [0.25, 0.3) is 0 Å². The number of benzene rings is 1. The molecule has 20 heavy (non-hydrogen) atoms. The summed E-state index contributed by atoms with van der Waals surface area (Å²) in [6.07, 6.45) is 4.82. The van der Waals surface area contributed by atoms with Gasteiger partial charge in [0.2, 0.25) is 0 Å². The van der Waals surface area contributed by atoms with Gasteiger partial charge in [-0.1, -0.05) is 0 Å². The molecule has 0 aliphatic carbocycles. The van der Waals surface area contributed by atoms with Crippen molar-refractivity contribution < 1.29 is 19.0 Å². The van der Waals surface area contributed by atoms with Crippen molar-refractivity contribution in [2.75, 3.05) is 20.3 Å². The van der Waals surface area contributed by atoms with Gasteiger partial charge in [-0.05, 0) is 12.1 Å². The number of carbonyl (C=O) groups is 1. The molecule has 0 unspecified atom stereocenters. The van der Waals surface area contributed by atoms with E-state index in [0.717, 1.165) is 5.56 Å². The fourth-order valence-electron chi connectivity index (χ4n) is 2.05. The topological polar surface area (TPSA) is 70.5 Å². The molecule has 1 aliphatic rings. The minimum Gasteiger partial charge on any atom is -0.485 e. The fraction of sp³-hybridized carbons (Fsp3) is 0.214. The Morgan fingerprint density at radius 1 is 1.20 bits per heavy atom. The summed E-state index contributed by atoms with van der Waals surface area (Å²) in [4.78, 5) is 20.0. The summed E-state index contributed by atoms with van der Waals surface area (Å²) in [5, 5.41) is 0. The lowest BCUT2D eigenvalue weighted by Crippen LogP contribution is -2.19. The summed E-state index contributed by atoms with van der Waals surface area (Å²) in [6.45, 7) is 0.811. The normalized spacial score (nSPS) is 12.8. The van der Waals surface area contributed by atoms with Crippen LogP contribution in [0.5, 0.6) is 11.5 Å². The van der Waals surface area contributed by atoms with Gasteiger partial charge in [-0.25, -0.2) is 4.79 Å². The highest BCUT2D eigenvalue weighted by atomic mass is 16.6. The van der Waals surface area contributed by atoms with Crippen molar-refractivity contribution in [1.29, 1.82) is 0 Å². The molecule has 0 saturated carbocycles. The van der Waals surface area contributed by atoms with Crippen LogP contribution in [0.4, 0.5) is 0 Å². The molecule has 1 aromatic heterocycles. The van der Waals surface area contributed by atoms with Gasteiger partial charge in [0.05, 0.1) is 19.0 Å². The van der Waals surface area contributed by atoms with Crippen LogP contribution in [0.3, 0.4) is 0 Å². The van der Waals surface area contributed by atoms with Crippen LogP contribution in [0.2, 0.25) is 0 Å². The molecular formula is C14H12N2O4. The van der Waals surface area contributed by atoms with Gasteiger partial charge in [-0.3, -0.25) is 9.97 Å². The van der Waals surface area contributed by atoms with Crippen molar-refractivity contribution in [3.8, 4) is 22.8 Å². The van der Waals surface area contributed by atoms with Crippen molar-refractivity contribution in [2.24, 2.45) is 0 Å². The zero-order chi connectivity index (χ0) is 13.9. The summed E-state index contributed by atoms with van der Waals surface area (Å²) in [6, 6.07) is 3.40. The van der Waals surface area contributed by atoms with E-state index >= 15 is 0 Å². The summed E-state index contributed by atoms with van der Waals surface area (Å²) < 4.78 is 16.0. The Balaban J connectivity index is 2.16. The Morgan fingerprint density at radius 3 is 2.70 bits per heavy atom. The fourth-order valence-corrected chi connectivity index (χ4v) is 2.05. The Bertz CT molecular complexity index is 643. The molecule has 6 nitrogen and oxygen atoms in total. The van der Waals surface area contributed by atoms with E-state index in [1.165, 1.54) is 7.11 Å². The Hall–Kier alpha value is -2.63. The van der Waals surface area contributed by atoms with Gasteiger partial charge in [-0.15, -0.1) is 0 Å². The lowest BCUT2D eigenvalue weighted by Gasteiger charge is -2.22. The SMILES string of the molecule is COC(=O)c1ccc(-c2cnccn2)c2c1OCCO2. The smallest absolute Gasteiger partial charge is 0.341 e. The third-order valence-corrected chi connectivity index (χ3v) is 2.93. The maximum Gasteiger partial charge on any atom is 0.341 e. The van der Waals surface area contributed by atoms with Gasteiger partial charge < -0.3 is 14.2 Å². The third kappa shape index (κ3) is 2.05. The van der Waals surface area contributed by atoms with E-state index in [1.54, 1.807) is 30.7 Å². The largest absolute Gasteiger partial charge is 0.485 e. The molecule has 0 saturated heterocycles. The lowest BCUT2D eigenvalue weighted by atomic mass is 10.1. The minimum atomic E-state index is -0.461. The highest BCUT2D eigenvalue weighted by molar-refractivity contribution is 5.95. The van der Waals surface area contributed by atoms with Crippen LogP contribution >= 0.6 is 0 Å². The number of fused-ring (bicyclic) bond motifs is 1. The number of hydrogen-bond acceptors (Lipinski definition) is 6. The molecule has 6 heteroatoms. The molecule has 2 heterocycles. The highest BCUT2D eigenvalue weighted by Crippen LogP contribution is 2.41. The summed E-state index contributed by atoms with van der Waals surface area (Å²) in [5.41, 5.74) is 1.74. The highest BCUT2D eigenvalue weighted by Gasteiger charge is 2.25. The van der Waals surface area contributed by atoms with Crippen molar-refractivity contribution in [2.45, 2.75) is 0 Å². The van der Waals surface area contributed by atoms with E-state index < -0.39 is 5.97 Å². The van der Waals surface area contributed by atoms with E-state index in [1.807, 2.05) is 0 Å². The molecular weight excluding hydrogens is 260 g/mol. The average molecular weight is 272 g/mol.